The second-order valence-electron chi connectivity index (χ2n) is 4.83. The van der Waals surface area contributed by atoms with Gasteiger partial charge in [0.1, 0.15) is 0 Å². The van der Waals surface area contributed by atoms with E-state index in [1.165, 1.54) is 11.1 Å². The fourth-order valence-electron chi connectivity index (χ4n) is 2.52. The van der Waals surface area contributed by atoms with Crippen LogP contribution in [0.5, 0.6) is 0 Å². The van der Waals surface area contributed by atoms with Crippen LogP contribution in [0.3, 0.4) is 0 Å². The number of likely N-dealkylation sites (N-methyl/N-ethyl adjacent to an activating group) is 1. The van der Waals surface area contributed by atoms with Gasteiger partial charge < -0.3 is 11.1 Å². The number of aryl methyl sites for hydroxylation is 1. The number of amides is 1. The molecule has 0 aromatic heterocycles. The second kappa shape index (κ2) is 5.40. The summed E-state index contributed by atoms with van der Waals surface area (Å²) < 4.78 is 0. The van der Waals surface area contributed by atoms with Gasteiger partial charge in [-0.3, -0.25) is 10.1 Å². The van der Waals surface area contributed by atoms with E-state index in [1.807, 2.05) is 26.0 Å². The predicted molar refractivity (Wildman–Crippen MR) is 73.2 cm³/mol. The lowest BCUT2D eigenvalue weighted by Crippen LogP contribution is -2.43. The molecule has 2 atom stereocenters. The Kier molecular flexibility index (Phi) is 3.87. The molecule has 1 aliphatic rings. The van der Waals surface area contributed by atoms with Crippen LogP contribution >= 0.6 is 0 Å². The number of hydrogen-bond acceptors (Lipinski definition) is 3. The van der Waals surface area contributed by atoms with E-state index in [2.05, 4.69) is 16.7 Å². The van der Waals surface area contributed by atoms with Crippen LogP contribution in [0.4, 0.5) is 5.69 Å². The summed E-state index contributed by atoms with van der Waals surface area (Å²) in [7, 11) is 0. The molecule has 0 aliphatic heterocycles. The number of nitrogens with two attached hydrogens (primary N) is 1. The Bertz CT molecular complexity index is 445. The lowest BCUT2D eigenvalue weighted by molar-refractivity contribution is -0.122. The summed E-state index contributed by atoms with van der Waals surface area (Å²) in [6, 6.07) is 6.13. The molecular formula is C14H21N3O. The van der Waals surface area contributed by atoms with Crippen molar-refractivity contribution in [3.05, 3.63) is 29.3 Å². The SMILES string of the molecule is CCNC(=O)C(C)NC1CCc2cc(N)ccc21. The number of fused-ring (bicyclic) bond motifs is 1. The molecule has 0 radical (unpaired) electrons. The Hall–Kier alpha value is -1.55. The predicted octanol–water partition coefficient (Wildman–Crippen LogP) is 1.37. The first-order chi connectivity index (χ1) is 8.61. The molecule has 0 heterocycles. The molecule has 4 N–H and O–H groups in total. The highest BCUT2D eigenvalue weighted by Crippen LogP contribution is 2.32. The van der Waals surface area contributed by atoms with Gasteiger partial charge in [0.2, 0.25) is 5.91 Å². The van der Waals surface area contributed by atoms with E-state index in [9.17, 15) is 4.79 Å². The molecule has 0 saturated carbocycles. The van der Waals surface area contributed by atoms with Gasteiger partial charge in [-0.25, -0.2) is 0 Å². The highest BCUT2D eigenvalue weighted by atomic mass is 16.2. The average Bonchev–Trinajstić information content (AvgIpc) is 2.72. The highest BCUT2D eigenvalue weighted by Gasteiger charge is 2.25. The zero-order chi connectivity index (χ0) is 13.1. The number of rotatable bonds is 4. The Morgan fingerprint density at radius 2 is 2.33 bits per heavy atom. The fraction of sp³-hybridized carbons (Fsp3) is 0.500. The molecule has 1 aliphatic carbocycles. The molecule has 18 heavy (non-hydrogen) atoms. The van der Waals surface area contributed by atoms with E-state index in [-0.39, 0.29) is 18.0 Å². The van der Waals surface area contributed by atoms with Gasteiger partial charge in [0.15, 0.2) is 0 Å². The lowest BCUT2D eigenvalue weighted by Gasteiger charge is -2.19. The van der Waals surface area contributed by atoms with Crippen molar-refractivity contribution >= 4 is 11.6 Å². The number of carbonyl (C=O) groups excluding carboxylic acids is 1. The minimum Gasteiger partial charge on any atom is -0.399 e. The van der Waals surface area contributed by atoms with Crippen LogP contribution in [-0.4, -0.2) is 18.5 Å². The molecule has 0 spiro atoms. The molecular weight excluding hydrogens is 226 g/mol. The summed E-state index contributed by atoms with van der Waals surface area (Å²) in [5.41, 5.74) is 9.17. The van der Waals surface area contributed by atoms with Crippen LogP contribution in [-0.2, 0) is 11.2 Å². The van der Waals surface area contributed by atoms with Gasteiger partial charge >= 0.3 is 0 Å². The molecule has 2 unspecified atom stereocenters. The summed E-state index contributed by atoms with van der Waals surface area (Å²) in [4.78, 5) is 11.7. The zero-order valence-electron chi connectivity index (χ0n) is 11.0. The third-order valence-corrected chi connectivity index (χ3v) is 3.44. The van der Waals surface area contributed by atoms with Gasteiger partial charge in [-0.05, 0) is 49.9 Å². The summed E-state index contributed by atoms with van der Waals surface area (Å²) in [6.07, 6.45) is 2.06. The fourth-order valence-corrected chi connectivity index (χ4v) is 2.52. The first-order valence-electron chi connectivity index (χ1n) is 6.54. The van der Waals surface area contributed by atoms with E-state index in [4.69, 9.17) is 5.73 Å². The number of nitrogen functional groups attached to an aromatic ring is 1. The normalized spacial score (nSPS) is 19.3. The van der Waals surface area contributed by atoms with Crippen molar-refractivity contribution < 1.29 is 4.79 Å². The Morgan fingerprint density at radius 1 is 1.56 bits per heavy atom. The minimum absolute atomic E-state index is 0.0568. The minimum atomic E-state index is -0.168. The van der Waals surface area contributed by atoms with Crippen molar-refractivity contribution in [3.63, 3.8) is 0 Å². The number of hydrogen-bond donors (Lipinski definition) is 3. The third kappa shape index (κ3) is 2.64. The number of nitrogens with one attached hydrogen (secondary N) is 2. The van der Waals surface area contributed by atoms with Crippen molar-refractivity contribution in [1.29, 1.82) is 0 Å². The Morgan fingerprint density at radius 3 is 3.06 bits per heavy atom. The van der Waals surface area contributed by atoms with E-state index in [0.29, 0.717) is 6.54 Å². The van der Waals surface area contributed by atoms with Crippen molar-refractivity contribution in [3.8, 4) is 0 Å². The van der Waals surface area contributed by atoms with Crippen LogP contribution in [0.15, 0.2) is 18.2 Å². The maximum atomic E-state index is 11.7. The number of carbonyl (C=O) groups is 1. The van der Waals surface area contributed by atoms with Crippen LogP contribution in [0.25, 0.3) is 0 Å². The van der Waals surface area contributed by atoms with Gasteiger partial charge in [0.05, 0.1) is 6.04 Å². The molecule has 0 fully saturated rings. The molecule has 1 aromatic rings. The third-order valence-electron chi connectivity index (χ3n) is 3.44. The zero-order valence-corrected chi connectivity index (χ0v) is 11.0. The van der Waals surface area contributed by atoms with Gasteiger partial charge in [0, 0.05) is 18.3 Å². The van der Waals surface area contributed by atoms with E-state index < -0.39 is 0 Å². The van der Waals surface area contributed by atoms with Crippen molar-refractivity contribution in [1.82, 2.24) is 10.6 Å². The van der Waals surface area contributed by atoms with Gasteiger partial charge in [-0.2, -0.15) is 0 Å². The summed E-state index contributed by atoms with van der Waals surface area (Å²) in [5, 5.41) is 6.22. The number of anilines is 1. The van der Waals surface area contributed by atoms with Crippen LogP contribution in [0.2, 0.25) is 0 Å². The molecule has 0 saturated heterocycles. The maximum Gasteiger partial charge on any atom is 0.236 e. The van der Waals surface area contributed by atoms with E-state index in [0.717, 1.165) is 18.5 Å². The first-order valence-corrected chi connectivity index (χ1v) is 6.54. The van der Waals surface area contributed by atoms with Crippen molar-refractivity contribution in [2.24, 2.45) is 0 Å². The molecule has 4 nitrogen and oxygen atoms in total. The van der Waals surface area contributed by atoms with E-state index >= 15 is 0 Å². The Labute approximate surface area is 108 Å². The van der Waals surface area contributed by atoms with Crippen LogP contribution in [0.1, 0.15) is 37.4 Å². The molecule has 4 heteroatoms. The molecule has 1 aromatic carbocycles. The van der Waals surface area contributed by atoms with Gasteiger partial charge in [-0.15, -0.1) is 0 Å². The maximum absolute atomic E-state index is 11.7. The van der Waals surface area contributed by atoms with Crippen LogP contribution < -0.4 is 16.4 Å². The monoisotopic (exact) mass is 247 g/mol. The first kappa shape index (κ1) is 12.9. The summed E-state index contributed by atoms with van der Waals surface area (Å²) in [6.45, 7) is 4.50. The molecule has 0 bridgehead atoms. The smallest absolute Gasteiger partial charge is 0.236 e. The van der Waals surface area contributed by atoms with Gasteiger partial charge in [0.25, 0.3) is 0 Å². The topological polar surface area (TPSA) is 67.2 Å². The second-order valence-corrected chi connectivity index (χ2v) is 4.83. The largest absolute Gasteiger partial charge is 0.399 e. The van der Waals surface area contributed by atoms with Crippen LogP contribution in [0, 0.1) is 0 Å². The molecule has 1 amide bonds. The standard InChI is InChI=1S/C14H21N3O/c1-3-16-14(18)9(2)17-13-7-4-10-8-11(15)5-6-12(10)13/h5-6,8-9,13,17H,3-4,7,15H2,1-2H3,(H,16,18). The highest BCUT2D eigenvalue weighted by molar-refractivity contribution is 5.81. The molecule has 2 rings (SSSR count). The number of benzene rings is 1. The molecule has 98 valence electrons. The van der Waals surface area contributed by atoms with Gasteiger partial charge in [-0.1, -0.05) is 6.07 Å². The lowest BCUT2D eigenvalue weighted by atomic mass is 10.1. The Balaban J connectivity index is 2.03. The quantitative estimate of drug-likeness (QED) is 0.704. The van der Waals surface area contributed by atoms with E-state index in [1.54, 1.807) is 0 Å². The summed E-state index contributed by atoms with van der Waals surface area (Å²) in [5.74, 6) is 0.0568. The van der Waals surface area contributed by atoms with Crippen molar-refractivity contribution in [2.75, 3.05) is 12.3 Å². The summed E-state index contributed by atoms with van der Waals surface area (Å²) >= 11 is 0. The average molecular weight is 247 g/mol. The van der Waals surface area contributed by atoms with Crippen molar-refractivity contribution in [2.45, 2.75) is 38.8 Å².